The zero-order chi connectivity index (χ0) is 22.5. The predicted octanol–water partition coefficient (Wildman–Crippen LogP) is 2.26. The molecule has 160 valence electrons. The smallest absolute Gasteiger partial charge is 0.276 e. The highest BCUT2D eigenvalue weighted by Crippen LogP contribution is 2.38. The third kappa shape index (κ3) is 3.67. The zero-order valence-corrected chi connectivity index (χ0v) is 18.3. The number of anilines is 1. The SMILES string of the molecule is Cc1cnc(C(=O)Nc2ccc(F)c(C3(C)CS(=O)(=O)C(C)(C)C(N)=N3)c2)c(C)n1. The number of carbonyl (C=O) groups is 1. The molecule has 1 atom stereocenters. The highest BCUT2D eigenvalue weighted by Gasteiger charge is 2.49. The molecule has 0 saturated carbocycles. The molecule has 10 heteroatoms. The van der Waals surface area contributed by atoms with Gasteiger partial charge < -0.3 is 11.1 Å². The molecule has 0 aliphatic carbocycles. The van der Waals surface area contributed by atoms with E-state index in [1.165, 1.54) is 39.1 Å². The molecule has 1 aliphatic heterocycles. The fraction of sp³-hybridized carbons (Fsp3) is 0.400. The first-order valence-electron chi connectivity index (χ1n) is 9.26. The molecule has 1 aromatic carbocycles. The van der Waals surface area contributed by atoms with Crippen LogP contribution in [0.4, 0.5) is 10.1 Å². The molecule has 30 heavy (non-hydrogen) atoms. The number of nitrogens with zero attached hydrogens (tertiary/aromatic N) is 3. The lowest BCUT2D eigenvalue weighted by molar-refractivity contribution is 0.102. The summed E-state index contributed by atoms with van der Waals surface area (Å²) < 4.78 is 38.9. The van der Waals surface area contributed by atoms with Crippen molar-refractivity contribution in [3.05, 3.63) is 52.9 Å². The molecular weight excluding hydrogens is 409 g/mol. The average Bonchev–Trinajstić information content (AvgIpc) is 2.61. The van der Waals surface area contributed by atoms with E-state index in [0.717, 1.165) is 6.07 Å². The first kappa shape index (κ1) is 21.8. The second-order valence-corrected chi connectivity index (χ2v) is 10.7. The maximum absolute atomic E-state index is 14.7. The van der Waals surface area contributed by atoms with Crippen molar-refractivity contribution in [3.63, 3.8) is 0 Å². The summed E-state index contributed by atoms with van der Waals surface area (Å²) in [5.74, 6) is -1.66. The molecule has 0 bridgehead atoms. The number of benzene rings is 1. The first-order chi connectivity index (χ1) is 13.8. The fourth-order valence-electron chi connectivity index (χ4n) is 3.31. The van der Waals surface area contributed by atoms with Crippen molar-refractivity contribution < 1.29 is 17.6 Å². The van der Waals surface area contributed by atoms with Crippen LogP contribution in [0.5, 0.6) is 0 Å². The van der Waals surface area contributed by atoms with Crippen LogP contribution in [0.2, 0.25) is 0 Å². The molecule has 2 heterocycles. The molecule has 3 N–H and O–H groups in total. The Kier molecular flexibility index (Phi) is 5.18. The quantitative estimate of drug-likeness (QED) is 0.764. The van der Waals surface area contributed by atoms with Gasteiger partial charge in [-0.3, -0.25) is 14.8 Å². The lowest BCUT2D eigenvalue weighted by Gasteiger charge is -2.38. The number of halogens is 1. The van der Waals surface area contributed by atoms with Crippen molar-refractivity contribution in [2.45, 2.75) is 44.9 Å². The highest BCUT2D eigenvalue weighted by atomic mass is 32.2. The Morgan fingerprint density at radius 2 is 1.90 bits per heavy atom. The molecule has 1 amide bonds. The van der Waals surface area contributed by atoms with Gasteiger partial charge >= 0.3 is 0 Å². The van der Waals surface area contributed by atoms with Crippen LogP contribution in [0.3, 0.4) is 0 Å². The van der Waals surface area contributed by atoms with Gasteiger partial charge in [-0.15, -0.1) is 0 Å². The normalized spacial score (nSPS) is 22.3. The summed E-state index contributed by atoms with van der Waals surface area (Å²) >= 11 is 0. The van der Waals surface area contributed by atoms with E-state index < -0.39 is 37.6 Å². The number of amides is 1. The Balaban J connectivity index is 2.00. The Bertz CT molecular complexity index is 1180. The maximum Gasteiger partial charge on any atom is 0.276 e. The van der Waals surface area contributed by atoms with E-state index in [2.05, 4.69) is 20.3 Å². The first-order valence-corrected chi connectivity index (χ1v) is 10.9. The van der Waals surface area contributed by atoms with Gasteiger partial charge in [0, 0.05) is 17.4 Å². The summed E-state index contributed by atoms with van der Waals surface area (Å²) in [5.41, 5.74) is 6.08. The van der Waals surface area contributed by atoms with Crippen LogP contribution in [0.25, 0.3) is 0 Å². The minimum Gasteiger partial charge on any atom is -0.386 e. The van der Waals surface area contributed by atoms with E-state index >= 15 is 0 Å². The van der Waals surface area contributed by atoms with Gasteiger partial charge in [0.2, 0.25) is 0 Å². The average molecular weight is 434 g/mol. The van der Waals surface area contributed by atoms with Gasteiger partial charge in [0.25, 0.3) is 5.91 Å². The van der Waals surface area contributed by atoms with Gasteiger partial charge in [0.1, 0.15) is 27.6 Å². The van der Waals surface area contributed by atoms with E-state index in [1.54, 1.807) is 13.8 Å². The van der Waals surface area contributed by atoms with Crippen LogP contribution in [-0.2, 0) is 15.4 Å². The number of aromatic nitrogens is 2. The van der Waals surface area contributed by atoms with Crippen LogP contribution >= 0.6 is 0 Å². The van der Waals surface area contributed by atoms with Crippen LogP contribution in [-0.4, -0.2) is 40.6 Å². The molecule has 2 aromatic rings. The van der Waals surface area contributed by atoms with Crippen molar-refractivity contribution in [1.29, 1.82) is 0 Å². The Labute approximate surface area is 174 Å². The number of rotatable bonds is 3. The number of amidine groups is 1. The molecule has 1 aliphatic rings. The lowest BCUT2D eigenvalue weighted by atomic mass is 9.92. The van der Waals surface area contributed by atoms with Crippen molar-refractivity contribution in [2.75, 3.05) is 11.1 Å². The van der Waals surface area contributed by atoms with Crippen molar-refractivity contribution in [1.82, 2.24) is 9.97 Å². The Morgan fingerprint density at radius 3 is 2.50 bits per heavy atom. The number of nitrogens with two attached hydrogens (primary N) is 1. The van der Waals surface area contributed by atoms with Crippen molar-refractivity contribution in [3.8, 4) is 0 Å². The summed E-state index contributed by atoms with van der Waals surface area (Å²) in [5, 5.41) is 2.65. The molecule has 1 unspecified atom stereocenters. The number of hydrogen-bond acceptors (Lipinski definition) is 7. The van der Waals surface area contributed by atoms with Gasteiger partial charge in [-0.1, -0.05) is 0 Å². The molecule has 1 aromatic heterocycles. The Morgan fingerprint density at radius 1 is 1.23 bits per heavy atom. The van der Waals surface area contributed by atoms with Gasteiger partial charge in [0.15, 0.2) is 9.84 Å². The largest absolute Gasteiger partial charge is 0.386 e. The van der Waals surface area contributed by atoms with Gasteiger partial charge in [0.05, 0.1) is 17.1 Å². The topological polar surface area (TPSA) is 127 Å². The number of nitrogens with one attached hydrogen (secondary N) is 1. The third-order valence-corrected chi connectivity index (χ3v) is 8.03. The second kappa shape index (κ2) is 7.12. The van der Waals surface area contributed by atoms with Crippen molar-refractivity contribution in [2.24, 2.45) is 10.7 Å². The van der Waals surface area contributed by atoms with Crippen molar-refractivity contribution >= 4 is 27.3 Å². The van der Waals surface area contributed by atoms with Gasteiger partial charge in [-0.05, 0) is 52.8 Å². The highest BCUT2D eigenvalue weighted by molar-refractivity contribution is 7.93. The fourth-order valence-corrected chi connectivity index (χ4v) is 4.99. The summed E-state index contributed by atoms with van der Waals surface area (Å²) in [6, 6.07) is 3.90. The third-order valence-electron chi connectivity index (χ3n) is 5.32. The number of aliphatic imine (C=N–C) groups is 1. The molecule has 8 nitrogen and oxygen atoms in total. The zero-order valence-electron chi connectivity index (χ0n) is 17.4. The molecule has 0 fully saturated rings. The summed E-state index contributed by atoms with van der Waals surface area (Å²) in [7, 11) is -3.70. The molecule has 0 saturated heterocycles. The van der Waals surface area contributed by atoms with Crippen LogP contribution in [0.1, 0.15) is 48.2 Å². The van der Waals surface area contributed by atoms with Gasteiger partial charge in [-0.2, -0.15) is 0 Å². The van der Waals surface area contributed by atoms with E-state index in [9.17, 15) is 17.6 Å². The van der Waals surface area contributed by atoms with Crippen LogP contribution in [0.15, 0.2) is 29.4 Å². The second-order valence-electron chi connectivity index (χ2n) is 8.13. The minimum absolute atomic E-state index is 0.0223. The van der Waals surface area contributed by atoms with E-state index in [1.807, 2.05) is 0 Å². The number of sulfone groups is 1. The standard InChI is InChI=1S/C20H24FN5O3S/c1-11-9-23-16(12(2)24-11)17(27)25-13-6-7-15(21)14(8-13)20(5)10-30(28,29)19(3,4)18(22)26-20/h6-9H,10H2,1-5H3,(H2,22,26)(H,25,27). The van der Waals surface area contributed by atoms with Crippen LogP contribution < -0.4 is 11.1 Å². The summed E-state index contributed by atoms with van der Waals surface area (Å²) in [4.78, 5) is 25.2. The predicted molar refractivity (Wildman–Crippen MR) is 113 cm³/mol. The number of carbonyl (C=O) groups excluding carboxylic acids is 1. The molecule has 3 rings (SSSR count). The lowest BCUT2D eigenvalue weighted by Crippen LogP contribution is -2.55. The molecular formula is C20H24FN5O3S. The summed E-state index contributed by atoms with van der Waals surface area (Å²) in [6.07, 6.45) is 1.48. The van der Waals surface area contributed by atoms with E-state index in [-0.39, 0.29) is 22.8 Å². The van der Waals surface area contributed by atoms with E-state index in [4.69, 9.17) is 5.73 Å². The van der Waals surface area contributed by atoms with E-state index in [0.29, 0.717) is 11.4 Å². The number of hydrogen-bond donors (Lipinski definition) is 2. The molecule has 0 radical (unpaired) electrons. The monoisotopic (exact) mass is 433 g/mol. The van der Waals surface area contributed by atoms with Crippen LogP contribution in [0, 0.1) is 19.7 Å². The van der Waals surface area contributed by atoms with Gasteiger partial charge in [-0.25, -0.2) is 17.8 Å². The minimum atomic E-state index is -3.70. The Hall–Kier alpha value is -2.88. The maximum atomic E-state index is 14.7. The molecule has 0 spiro atoms. The summed E-state index contributed by atoms with van der Waals surface area (Å²) in [6.45, 7) is 7.88. The number of aryl methyl sites for hydroxylation is 2.